The lowest BCUT2D eigenvalue weighted by Gasteiger charge is -2.16. The Morgan fingerprint density at radius 2 is 2.20 bits per heavy atom. The van der Waals surface area contributed by atoms with E-state index in [2.05, 4.69) is 21.8 Å². The van der Waals surface area contributed by atoms with E-state index in [1.165, 1.54) is 4.90 Å². The molecule has 0 aliphatic rings. The van der Waals surface area contributed by atoms with Crippen LogP contribution in [-0.2, 0) is 0 Å². The summed E-state index contributed by atoms with van der Waals surface area (Å²) < 4.78 is 0. The Labute approximate surface area is 117 Å². The molecule has 0 bridgehead atoms. The molecule has 100 valence electrons. The van der Waals surface area contributed by atoms with Crippen LogP contribution in [0.3, 0.4) is 0 Å². The van der Waals surface area contributed by atoms with Crippen molar-refractivity contribution < 1.29 is 4.79 Å². The fourth-order valence-electron chi connectivity index (χ4n) is 1.59. The molecule has 20 heavy (non-hydrogen) atoms. The number of nitrogens with two attached hydrogens (primary N) is 1. The summed E-state index contributed by atoms with van der Waals surface area (Å²) in [4.78, 5) is 21.9. The molecule has 0 saturated heterocycles. The zero-order valence-electron chi connectivity index (χ0n) is 11.1. The van der Waals surface area contributed by atoms with Gasteiger partial charge in [-0.3, -0.25) is 9.78 Å². The maximum atomic E-state index is 12.3. The van der Waals surface area contributed by atoms with Gasteiger partial charge in [0.1, 0.15) is 5.69 Å². The summed E-state index contributed by atoms with van der Waals surface area (Å²) in [6.07, 6.45) is 4.84. The van der Waals surface area contributed by atoms with Crippen molar-refractivity contribution in [3.8, 4) is 11.8 Å². The number of carbonyl (C=O) groups is 1. The average molecular weight is 266 g/mol. The number of carbonyl (C=O) groups excluding carboxylic acids is 1. The third-order valence-electron chi connectivity index (χ3n) is 2.66. The van der Waals surface area contributed by atoms with Crippen LogP contribution < -0.4 is 10.6 Å². The van der Waals surface area contributed by atoms with Crippen molar-refractivity contribution in [2.75, 3.05) is 18.5 Å². The Morgan fingerprint density at radius 1 is 1.35 bits per heavy atom. The van der Waals surface area contributed by atoms with Gasteiger partial charge in [-0.15, -0.1) is 0 Å². The third kappa shape index (κ3) is 3.19. The second-order valence-corrected chi connectivity index (χ2v) is 4.01. The van der Waals surface area contributed by atoms with Crippen LogP contribution in [0.4, 0.5) is 5.69 Å². The Hall–Kier alpha value is -2.71. The number of rotatable bonds is 2. The summed E-state index contributed by atoms with van der Waals surface area (Å²) >= 11 is 0. The van der Waals surface area contributed by atoms with Crippen LogP contribution in [0.25, 0.3) is 0 Å². The smallest absolute Gasteiger partial charge is 0.276 e. The number of amides is 1. The van der Waals surface area contributed by atoms with Crippen LogP contribution in [-0.4, -0.2) is 29.5 Å². The predicted octanol–water partition coefficient (Wildman–Crippen LogP) is 1.06. The number of pyridine rings is 2. The minimum atomic E-state index is -0.198. The topological polar surface area (TPSA) is 72.1 Å². The number of anilines is 1. The van der Waals surface area contributed by atoms with Crippen molar-refractivity contribution in [1.82, 2.24) is 9.97 Å². The predicted molar refractivity (Wildman–Crippen MR) is 77.1 cm³/mol. The normalized spacial score (nSPS) is 9.50. The van der Waals surface area contributed by atoms with Crippen LogP contribution in [0.15, 0.2) is 42.9 Å². The molecule has 2 rings (SSSR count). The molecule has 2 aromatic heterocycles. The van der Waals surface area contributed by atoms with Crippen molar-refractivity contribution >= 4 is 11.6 Å². The van der Waals surface area contributed by atoms with Gasteiger partial charge < -0.3 is 10.6 Å². The summed E-state index contributed by atoms with van der Waals surface area (Å²) in [5.74, 6) is 5.40. The first kappa shape index (κ1) is 13.7. The molecular weight excluding hydrogens is 252 g/mol. The largest absolute Gasteiger partial charge is 0.320 e. The van der Waals surface area contributed by atoms with E-state index in [4.69, 9.17) is 5.73 Å². The summed E-state index contributed by atoms with van der Waals surface area (Å²) in [5, 5.41) is 0. The summed E-state index contributed by atoms with van der Waals surface area (Å²) in [7, 11) is 1.68. The summed E-state index contributed by atoms with van der Waals surface area (Å²) in [6, 6.07) is 6.99. The average Bonchev–Trinajstić information content (AvgIpc) is 2.53. The van der Waals surface area contributed by atoms with Gasteiger partial charge >= 0.3 is 0 Å². The molecule has 2 N–H and O–H groups in total. The summed E-state index contributed by atoms with van der Waals surface area (Å²) in [6.45, 7) is 0.296. The van der Waals surface area contributed by atoms with Gasteiger partial charge in [-0.25, -0.2) is 4.98 Å². The third-order valence-corrected chi connectivity index (χ3v) is 2.66. The van der Waals surface area contributed by atoms with Crippen LogP contribution >= 0.6 is 0 Å². The molecule has 0 spiro atoms. The molecule has 2 aromatic rings. The quantitative estimate of drug-likeness (QED) is 0.825. The second-order valence-electron chi connectivity index (χ2n) is 4.01. The van der Waals surface area contributed by atoms with E-state index in [-0.39, 0.29) is 5.91 Å². The van der Waals surface area contributed by atoms with E-state index in [0.717, 1.165) is 5.56 Å². The highest BCUT2D eigenvalue weighted by Crippen LogP contribution is 2.12. The second kappa shape index (κ2) is 6.45. The number of hydrogen-bond acceptors (Lipinski definition) is 4. The van der Waals surface area contributed by atoms with Crippen molar-refractivity contribution in [1.29, 1.82) is 0 Å². The van der Waals surface area contributed by atoms with E-state index in [1.807, 2.05) is 6.07 Å². The Balaban J connectivity index is 2.17. The van der Waals surface area contributed by atoms with Gasteiger partial charge in [0, 0.05) is 25.0 Å². The van der Waals surface area contributed by atoms with Gasteiger partial charge in [-0.2, -0.15) is 0 Å². The number of aromatic nitrogens is 2. The van der Waals surface area contributed by atoms with Crippen molar-refractivity contribution in [3.63, 3.8) is 0 Å². The molecule has 2 heterocycles. The molecule has 0 aliphatic heterocycles. The first-order valence-electron chi connectivity index (χ1n) is 6.05. The SMILES string of the molecule is CN(C(=O)c1ccc(C#CCN)cn1)c1cccnc1. The summed E-state index contributed by atoms with van der Waals surface area (Å²) in [5.41, 5.74) is 7.10. The first-order valence-corrected chi connectivity index (χ1v) is 6.05. The molecule has 0 radical (unpaired) electrons. The highest BCUT2D eigenvalue weighted by Gasteiger charge is 2.14. The standard InChI is InChI=1S/C15H14N4O/c1-19(13-5-3-9-17-11-13)15(20)14-7-6-12(10-18-14)4-2-8-16/h3,5-7,9-11H,8,16H2,1H3. The van der Waals surface area contributed by atoms with E-state index < -0.39 is 0 Å². The number of hydrogen-bond donors (Lipinski definition) is 1. The fourth-order valence-corrected chi connectivity index (χ4v) is 1.59. The molecule has 0 saturated carbocycles. The van der Waals surface area contributed by atoms with E-state index in [0.29, 0.717) is 17.9 Å². The molecule has 0 unspecified atom stereocenters. The minimum absolute atomic E-state index is 0.198. The molecular formula is C15H14N4O. The molecule has 5 nitrogen and oxygen atoms in total. The van der Waals surface area contributed by atoms with Gasteiger partial charge in [0.2, 0.25) is 0 Å². The van der Waals surface area contributed by atoms with Crippen LogP contribution in [0.1, 0.15) is 16.1 Å². The molecule has 0 aromatic carbocycles. The molecule has 0 aliphatic carbocycles. The maximum absolute atomic E-state index is 12.3. The lowest BCUT2D eigenvalue weighted by atomic mass is 10.2. The zero-order valence-corrected chi connectivity index (χ0v) is 11.1. The molecule has 0 fully saturated rings. The maximum Gasteiger partial charge on any atom is 0.276 e. The van der Waals surface area contributed by atoms with Gasteiger partial charge in [0.05, 0.1) is 18.4 Å². The van der Waals surface area contributed by atoms with Crippen LogP contribution in [0, 0.1) is 11.8 Å². The highest BCUT2D eigenvalue weighted by atomic mass is 16.2. The first-order chi connectivity index (χ1) is 9.72. The molecule has 5 heteroatoms. The van der Waals surface area contributed by atoms with E-state index in [9.17, 15) is 4.79 Å². The van der Waals surface area contributed by atoms with Gasteiger partial charge in [-0.1, -0.05) is 11.8 Å². The van der Waals surface area contributed by atoms with Gasteiger partial charge in [0.15, 0.2) is 0 Å². The molecule has 0 atom stereocenters. The lowest BCUT2D eigenvalue weighted by molar-refractivity contribution is 0.0988. The van der Waals surface area contributed by atoms with Crippen molar-refractivity contribution in [2.24, 2.45) is 5.73 Å². The van der Waals surface area contributed by atoms with Crippen molar-refractivity contribution in [2.45, 2.75) is 0 Å². The Kier molecular flexibility index (Phi) is 4.43. The fraction of sp³-hybridized carbons (Fsp3) is 0.133. The highest BCUT2D eigenvalue weighted by molar-refractivity contribution is 6.04. The Morgan fingerprint density at radius 3 is 2.80 bits per heavy atom. The van der Waals surface area contributed by atoms with E-state index in [1.54, 1.807) is 43.8 Å². The molecule has 1 amide bonds. The van der Waals surface area contributed by atoms with E-state index >= 15 is 0 Å². The Bertz CT molecular complexity index is 641. The van der Waals surface area contributed by atoms with Crippen LogP contribution in [0.2, 0.25) is 0 Å². The van der Waals surface area contributed by atoms with Crippen LogP contribution in [0.5, 0.6) is 0 Å². The zero-order chi connectivity index (χ0) is 14.4. The van der Waals surface area contributed by atoms with Gasteiger partial charge in [-0.05, 0) is 24.3 Å². The monoisotopic (exact) mass is 266 g/mol. The lowest BCUT2D eigenvalue weighted by Crippen LogP contribution is -2.27. The van der Waals surface area contributed by atoms with Gasteiger partial charge in [0.25, 0.3) is 5.91 Å². The minimum Gasteiger partial charge on any atom is -0.320 e. The van der Waals surface area contributed by atoms with Crippen molar-refractivity contribution in [3.05, 3.63) is 54.1 Å². The number of nitrogens with zero attached hydrogens (tertiary/aromatic N) is 3.